The van der Waals surface area contributed by atoms with Gasteiger partial charge in [-0.25, -0.2) is 0 Å². The van der Waals surface area contributed by atoms with Gasteiger partial charge in [-0.3, -0.25) is 0 Å². The van der Waals surface area contributed by atoms with Crippen molar-refractivity contribution in [3.63, 3.8) is 0 Å². The van der Waals surface area contributed by atoms with Crippen molar-refractivity contribution in [1.82, 2.24) is 0 Å². The molecule has 0 aliphatic carbocycles. The fraction of sp³-hybridized carbons (Fsp3) is 0.667. The van der Waals surface area contributed by atoms with Crippen molar-refractivity contribution in [2.75, 3.05) is 6.61 Å². The molecule has 0 spiro atoms. The van der Waals surface area contributed by atoms with E-state index in [0.717, 1.165) is 5.57 Å². The van der Waals surface area contributed by atoms with Gasteiger partial charge in [0.25, 0.3) is 0 Å². The molecular weight excluding hydrogens is 188 g/mol. The SMILES string of the molecule is C#C/C(C)=C\CO[Si](C)(C)C(C)(C)C. The van der Waals surface area contributed by atoms with Gasteiger partial charge in [0.2, 0.25) is 0 Å². The first-order chi connectivity index (χ1) is 6.20. The topological polar surface area (TPSA) is 9.23 Å². The van der Waals surface area contributed by atoms with Crippen LogP contribution in [0.25, 0.3) is 0 Å². The van der Waals surface area contributed by atoms with E-state index in [-0.39, 0.29) is 5.04 Å². The lowest BCUT2D eigenvalue weighted by atomic mass is 10.2. The molecule has 0 amide bonds. The third kappa shape index (κ3) is 4.12. The highest BCUT2D eigenvalue weighted by molar-refractivity contribution is 6.74. The predicted octanol–water partition coefficient (Wildman–Crippen LogP) is 3.59. The van der Waals surface area contributed by atoms with Gasteiger partial charge in [-0.15, -0.1) is 6.42 Å². The zero-order chi connectivity index (χ0) is 11.4. The second-order valence-corrected chi connectivity index (χ2v) is 9.91. The lowest BCUT2D eigenvalue weighted by molar-refractivity contribution is 0.327. The number of allylic oxidation sites excluding steroid dienone is 1. The summed E-state index contributed by atoms with van der Waals surface area (Å²) < 4.78 is 5.93. The lowest BCUT2D eigenvalue weighted by Crippen LogP contribution is -2.40. The molecule has 0 fully saturated rings. The van der Waals surface area contributed by atoms with Gasteiger partial charge in [0, 0.05) is 0 Å². The number of hydrogen-bond acceptors (Lipinski definition) is 1. The molecule has 0 aromatic heterocycles. The van der Waals surface area contributed by atoms with Gasteiger partial charge in [-0.1, -0.05) is 26.7 Å². The normalized spacial score (nSPS) is 13.9. The fourth-order valence-electron chi connectivity index (χ4n) is 0.650. The first-order valence-electron chi connectivity index (χ1n) is 4.98. The van der Waals surface area contributed by atoms with Gasteiger partial charge in [-0.05, 0) is 36.7 Å². The summed E-state index contributed by atoms with van der Waals surface area (Å²) in [4.78, 5) is 0. The summed E-state index contributed by atoms with van der Waals surface area (Å²) in [5, 5.41) is 0.269. The van der Waals surface area contributed by atoms with Crippen LogP contribution < -0.4 is 0 Å². The molecule has 1 nitrogen and oxygen atoms in total. The largest absolute Gasteiger partial charge is 0.413 e. The van der Waals surface area contributed by atoms with E-state index in [1.807, 2.05) is 13.0 Å². The van der Waals surface area contributed by atoms with Crippen molar-refractivity contribution in [3.05, 3.63) is 11.6 Å². The Morgan fingerprint density at radius 2 is 1.93 bits per heavy atom. The van der Waals surface area contributed by atoms with Gasteiger partial charge in [0.1, 0.15) is 0 Å². The molecule has 0 atom stereocenters. The summed E-state index contributed by atoms with van der Waals surface area (Å²) in [5.74, 6) is 2.59. The van der Waals surface area contributed by atoms with Crippen molar-refractivity contribution in [2.45, 2.75) is 45.8 Å². The molecule has 0 aromatic rings. The molecule has 0 unspecified atom stereocenters. The standard InChI is InChI=1S/C12H22OSi/c1-8-11(2)9-10-13-14(6,7)12(3,4)5/h1,9H,10H2,2-7H3/b11-9-. The Hall–Kier alpha value is -0.523. The molecule has 0 N–H and O–H groups in total. The zero-order valence-corrected chi connectivity index (χ0v) is 11.3. The first-order valence-corrected chi connectivity index (χ1v) is 7.89. The van der Waals surface area contributed by atoms with E-state index in [0.29, 0.717) is 6.61 Å². The van der Waals surface area contributed by atoms with Crippen LogP contribution in [-0.2, 0) is 4.43 Å². The quantitative estimate of drug-likeness (QED) is 0.511. The van der Waals surface area contributed by atoms with Gasteiger partial charge < -0.3 is 4.43 Å². The maximum Gasteiger partial charge on any atom is 0.192 e. The minimum Gasteiger partial charge on any atom is -0.413 e. The van der Waals surface area contributed by atoms with Crippen LogP contribution in [-0.4, -0.2) is 14.9 Å². The van der Waals surface area contributed by atoms with Crippen LogP contribution in [0.1, 0.15) is 27.7 Å². The molecule has 0 heterocycles. The van der Waals surface area contributed by atoms with Crippen LogP contribution >= 0.6 is 0 Å². The molecule has 0 bridgehead atoms. The van der Waals surface area contributed by atoms with Crippen molar-refractivity contribution >= 4 is 8.32 Å². The molecule has 0 saturated heterocycles. The Morgan fingerprint density at radius 3 is 2.29 bits per heavy atom. The van der Waals surface area contributed by atoms with E-state index in [9.17, 15) is 0 Å². The maximum absolute atomic E-state index is 5.93. The zero-order valence-electron chi connectivity index (χ0n) is 10.3. The molecule has 0 saturated carbocycles. The van der Waals surface area contributed by atoms with E-state index >= 15 is 0 Å². The lowest BCUT2D eigenvalue weighted by Gasteiger charge is -2.35. The molecule has 80 valence electrons. The average molecular weight is 210 g/mol. The molecule has 0 aliphatic heterocycles. The summed E-state index contributed by atoms with van der Waals surface area (Å²) in [6.07, 6.45) is 7.22. The van der Waals surface area contributed by atoms with Crippen molar-refractivity contribution < 1.29 is 4.43 Å². The van der Waals surface area contributed by atoms with Gasteiger partial charge in [-0.2, -0.15) is 0 Å². The minimum absolute atomic E-state index is 0.269. The highest BCUT2D eigenvalue weighted by Gasteiger charge is 2.36. The highest BCUT2D eigenvalue weighted by atomic mass is 28.4. The van der Waals surface area contributed by atoms with Crippen LogP contribution in [0.15, 0.2) is 11.6 Å². The Balaban J connectivity index is 4.22. The molecule has 0 aliphatic rings. The Labute approximate surface area is 89.7 Å². The average Bonchev–Trinajstić information content (AvgIpc) is 2.01. The fourth-order valence-corrected chi connectivity index (χ4v) is 1.58. The minimum atomic E-state index is -1.60. The molecule has 2 heteroatoms. The van der Waals surface area contributed by atoms with E-state index in [2.05, 4.69) is 39.8 Å². The van der Waals surface area contributed by atoms with Gasteiger partial charge >= 0.3 is 0 Å². The van der Waals surface area contributed by atoms with Gasteiger partial charge in [0.15, 0.2) is 8.32 Å². The second-order valence-electron chi connectivity index (χ2n) is 5.10. The first kappa shape index (κ1) is 13.5. The Bertz CT molecular complexity index is 250. The van der Waals surface area contributed by atoms with Crippen molar-refractivity contribution in [2.24, 2.45) is 0 Å². The number of hydrogen-bond donors (Lipinski definition) is 0. The van der Waals surface area contributed by atoms with Gasteiger partial charge in [0.05, 0.1) is 6.61 Å². The summed E-state index contributed by atoms with van der Waals surface area (Å²) in [7, 11) is -1.60. The summed E-state index contributed by atoms with van der Waals surface area (Å²) >= 11 is 0. The third-order valence-electron chi connectivity index (χ3n) is 2.87. The van der Waals surface area contributed by atoms with Crippen LogP contribution in [0.4, 0.5) is 0 Å². The summed E-state index contributed by atoms with van der Waals surface area (Å²) in [6.45, 7) is 13.8. The Kier molecular flexibility index (Phi) is 4.63. The molecular formula is C12H22OSi. The van der Waals surface area contributed by atoms with E-state index in [1.165, 1.54) is 0 Å². The van der Waals surface area contributed by atoms with Crippen molar-refractivity contribution in [1.29, 1.82) is 0 Å². The molecule has 0 aromatic carbocycles. The third-order valence-corrected chi connectivity index (χ3v) is 7.37. The van der Waals surface area contributed by atoms with Crippen LogP contribution in [0.5, 0.6) is 0 Å². The number of rotatable bonds is 3. The number of terminal acetylenes is 1. The van der Waals surface area contributed by atoms with E-state index < -0.39 is 8.32 Å². The predicted molar refractivity (Wildman–Crippen MR) is 65.7 cm³/mol. The van der Waals surface area contributed by atoms with Crippen LogP contribution in [0.3, 0.4) is 0 Å². The maximum atomic E-state index is 5.93. The Morgan fingerprint density at radius 1 is 1.43 bits per heavy atom. The molecule has 14 heavy (non-hydrogen) atoms. The van der Waals surface area contributed by atoms with E-state index in [1.54, 1.807) is 0 Å². The summed E-state index contributed by atoms with van der Waals surface area (Å²) in [6, 6.07) is 0. The smallest absolute Gasteiger partial charge is 0.192 e. The second kappa shape index (κ2) is 4.81. The molecule has 0 rings (SSSR count). The van der Waals surface area contributed by atoms with E-state index in [4.69, 9.17) is 10.8 Å². The van der Waals surface area contributed by atoms with Crippen LogP contribution in [0.2, 0.25) is 18.1 Å². The molecule has 0 radical (unpaired) electrons. The van der Waals surface area contributed by atoms with Crippen molar-refractivity contribution in [3.8, 4) is 12.3 Å². The monoisotopic (exact) mass is 210 g/mol. The van der Waals surface area contributed by atoms with Crippen LogP contribution in [0, 0.1) is 12.3 Å². The highest BCUT2D eigenvalue weighted by Crippen LogP contribution is 2.36. The summed E-state index contributed by atoms with van der Waals surface area (Å²) in [5.41, 5.74) is 0.948.